The molecule has 26 heavy (non-hydrogen) atoms. The fraction of sp³-hybridized carbons (Fsp3) is 0.524. The molecule has 1 unspecified atom stereocenters. The summed E-state index contributed by atoms with van der Waals surface area (Å²) in [5.41, 5.74) is 2.18. The van der Waals surface area contributed by atoms with Crippen LogP contribution < -0.4 is 10.4 Å². The minimum absolute atomic E-state index is 0.214. The highest BCUT2D eigenvalue weighted by atomic mass is 16.5. The predicted molar refractivity (Wildman–Crippen MR) is 102 cm³/mol. The predicted octanol–water partition coefficient (Wildman–Crippen LogP) is 3.69. The molecule has 0 spiro atoms. The van der Waals surface area contributed by atoms with Crippen molar-refractivity contribution in [3.63, 3.8) is 0 Å². The van der Waals surface area contributed by atoms with Crippen LogP contribution in [0.5, 0.6) is 5.75 Å². The molecule has 1 aromatic heterocycles. The molecule has 1 aliphatic heterocycles. The van der Waals surface area contributed by atoms with Crippen molar-refractivity contribution in [2.24, 2.45) is 5.92 Å². The summed E-state index contributed by atoms with van der Waals surface area (Å²) in [6.07, 6.45) is 2.16. The van der Waals surface area contributed by atoms with Gasteiger partial charge in [0.2, 0.25) is 5.91 Å². The molecule has 5 nitrogen and oxygen atoms in total. The monoisotopic (exact) mass is 357 g/mol. The number of benzene rings is 1. The van der Waals surface area contributed by atoms with Crippen LogP contribution in [0.4, 0.5) is 0 Å². The minimum atomic E-state index is -0.329. The summed E-state index contributed by atoms with van der Waals surface area (Å²) in [7, 11) is 0. The molecule has 2 aromatic rings. The van der Waals surface area contributed by atoms with Crippen LogP contribution in [0.1, 0.15) is 44.7 Å². The van der Waals surface area contributed by atoms with Gasteiger partial charge in [0, 0.05) is 31.0 Å². The summed E-state index contributed by atoms with van der Waals surface area (Å²) in [6.45, 7) is 9.36. The van der Waals surface area contributed by atoms with E-state index in [2.05, 4.69) is 0 Å². The number of carbonyl (C=O) groups excluding carboxylic acids is 1. The van der Waals surface area contributed by atoms with Crippen molar-refractivity contribution in [1.82, 2.24) is 4.90 Å². The van der Waals surface area contributed by atoms with E-state index in [-0.39, 0.29) is 17.6 Å². The third kappa shape index (κ3) is 3.76. The van der Waals surface area contributed by atoms with Gasteiger partial charge in [0.05, 0.1) is 12.0 Å². The zero-order valence-electron chi connectivity index (χ0n) is 16.0. The Labute approximate surface area is 153 Å². The van der Waals surface area contributed by atoms with E-state index in [9.17, 15) is 9.59 Å². The summed E-state index contributed by atoms with van der Waals surface area (Å²) in [5, 5.41) is 0.880. The number of carbonyl (C=O) groups is 1. The van der Waals surface area contributed by atoms with Crippen molar-refractivity contribution >= 4 is 16.9 Å². The van der Waals surface area contributed by atoms with Crippen LogP contribution in [-0.4, -0.2) is 30.0 Å². The standard InChI is InChI=1S/C21H27NO4/c1-5-16-10-20(24)26-18-9-14(4)8-17(21(16)18)25-12-15-6-7-19(23)22(11-15)13(2)3/h8-10,13,15H,5-7,11-12H2,1-4H3. The molecule has 0 radical (unpaired) electrons. The molecular formula is C21H27NO4. The molecule has 0 aliphatic carbocycles. The van der Waals surface area contributed by atoms with Crippen LogP contribution in [-0.2, 0) is 11.2 Å². The van der Waals surface area contributed by atoms with Gasteiger partial charge in [0.15, 0.2) is 0 Å². The van der Waals surface area contributed by atoms with Gasteiger partial charge in [-0.15, -0.1) is 0 Å². The Morgan fingerprint density at radius 1 is 1.27 bits per heavy atom. The number of nitrogens with zero attached hydrogens (tertiary/aromatic N) is 1. The Hall–Kier alpha value is -2.30. The molecule has 0 bridgehead atoms. The third-order valence-electron chi connectivity index (χ3n) is 5.05. The van der Waals surface area contributed by atoms with Crippen LogP contribution in [0, 0.1) is 12.8 Å². The van der Waals surface area contributed by atoms with Gasteiger partial charge in [0.25, 0.3) is 0 Å². The number of rotatable bonds is 5. The van der Waals surface area contributed by atoms with Crippen LogP contribution in [0.3, 0.4) is 0 Å². The molecule has 140 valence electrons. The molecule has 1 atom stereocenters. The molecule has 1 amide bonds. The van der Waals surface area contributed by atoms with E-state index in [4.69, 9.17) is 9.15 Å². The zero-order valence-corrected chi connectivity index (χ0v) is 16.0. The highest BCUT2D eigenvalue weighted by Crippen LogP contribution is 2.31. The first-order chi connectivity index (χ1) is 12.4. The molecule has 1 fully saturated rings. The van der Waals surface area contributed by atoms with Gasteiger partial charge in [-0.1, -0.05) is 6.92 Å². The maximum Gasteiger partial charge on any atom is 0.336 e. The fourth-order valence-corrected chi connectivity index (χ4v) is 3.65. The van der Waals surface area contributed by atoms with Gasteiger partial charge in [0.1, 0.15) is 11.3 Å². The first-order valence-corrected chi connectivity index (χ1v) is 9.38. The van der Waals surface area contributed by atoms with E-state index in [0.717, 1.165) is 41.6 Å². The molecule has 1 saturated heterocycles. The van der Waals surface area contributed by atoms with Crippen molar-refractivity contribution in [2.45, 2.75) is 53.0 Å². The van der Waals surface area contributed by atoms with Gasteiger partial charge >= 0.3 is 5.63 Å². The quantitative estimate of drug-likeness (QED) is 0.766. The van der Waals surface area contributed by atoms with Crippen molar-refractivity contribution in [3.05, 3.63) is 39.7 Å². The normalized spacial score (nSPS) is 18.0. The summed E-state index contributed by atoms with van der Waals surface area (Å²) in [6, 6.07) is 5.63. The van der Waals surface area contributed by atoms with E-state index in [0.29, 0.717) is 24.5 Å². The summed E-state index contributed by atoms with van der Waals surface area (Å²) < 4.78 is 11.6. The highest BCUT2D eigenvalue weighted by Gasteiger charge is 2.28. The summed E-state index contributed by atoms with van der Waals surface area (Å²) in [5.74, 6) is 1.30. The number of aryl methyl sites for hydroxylation is 2. The minimum Gasteiger partial charge on any atom is -0.492 e. The Balaban J connectivity index is 1.85. The van der Waals surface area contributed by atoms with Gasteiger partial charge in [-0.25, -0.2) is 4.79 Å². The average molecular weight is 357 g/mol. The number of piperidine rings is 1. The number of hydrogen-bond donors (Lipinski definition) is 0. The van der Waals surface area contributed by atoms with Crippen LogP contribution >= 0.6 is 0 Å². The fourth-order valence-electron chi connectivity index (χ4n) is 3.65. The third-order valence-corrected chi connectivity index (χ3v) is 5.05. The Morgan fingerprint density at radius 3 is 2.73 bits per heavy atom. The van der Waals surface area contributed by atoms with Crippen LogP contribution in [0.15, 0.2) is 27.4 Å². The number of hydrogen-bond acceptors (Lipinski definition) is 4. The second-order valence-electron chi connectivity index (χ2n) is 7.44. The molecule has 3 rings (SSSR count). The Morgan fingerprint density at radius 2 is 2.04 bits per heavy atom. The second kappa shape index (κ2) is 7.52. The molecule has 0 N–H and O–H groups in total. The molecular weight excluding hydrogens is 330 g/mol. The lowest BCUT2D eigenvalue weighted by Crippen LogP contribution is -2.45. The molecule has 1 aliphatic rings. The van der Waals surface area contributed by atoms with E-state index in [1.54, 1.807) is 6.07 Å². The van der Waals surface area contributed by atoms with Crippen molar-refractivity contribution in [3.8, 4) is 5.75 Å². The SMILES string of the molecule is CCc1cc(=O)oc2cc(C)cc(OCC3CCC(=O)N(C(C)C)C3)c12. The van der Waals surface area contributed by atoms with Crippen LogP contribution in [0.2, 0.25) is 0 Å². The number of ether oxygens (including phenoxy) is 1. The van der Waals surface area contributed by atoms with Gasteiger partial charge in [-0.05, 0) is 56.9 Å². The molecule has 1 aromatic carbocycles. The number of likely N-dealkylation sites (tertiary alicyclic amines) is 1. The van der Waals surface area contributed by atoms with E-state index in [1.165, 1.54) is 0 Å². The number of amides is 1. The first kappa shape index (κ1) is 18.5. The largest absolute Gasteiger partial charge is 0.492 e. The Bertz CT molecular complexity index is 868. The zero-order chi connectivity index (χ0) is 18.8. The highest BCUT2D eigenvalue weighted by molar-refractivity contribution is 5.87. The van der Waals surface area contributed by atoms with E-state index >= 15 is 0 Å². The van der Waals surface area contributed by atoms with Crippen molar-refractivity contribution in [1.29, 1.82) is 0 Å². The van der Waals surface area contributed by atoms with Crippen LogP contribution in [0.25, 0.3) is 11.0 Å². The van der Waals surface area contributed by atoms with E-state index < -0.39 is 0 Å². The van der Waals surface area contributed by atoms with Gasteiger partial charge in [-0.2, -0.15) is 0 Å². The topological polar surface area (TPSA) is 59.8 Å². The lowest BCUT2D eigenvalue weighted by Gasteiger charge is -2.35. The van der Waals surface area contributed by atoms with Gasteiger partial charge < -0.3 is 14.1 Å². The van der Waals surface area contributed by atoms with E-state index in [1.807, 2.05) is 44.7 Å². The maximum atomic E-state index is 12.0. The average Bonchev–Trinajstić information content (AvgIpc) is 2.59. The smallest absolute Gasteiger partial charge is 0.336 e. The molecule has 0 saturated carbocycles. The second-order valence-corrected chi connectivity index (χ2v) is 7.44. The molecule has 5 heteroatoms. The lowest BCUT2D eigenvalue weighted by molar-refractivity contribution is -0.137. The lowest BCUT2D eigenvalue weighted by atomic mass is 9.97. The Kier molecular flexibility index (Phi) is 5.35. The maximum absolute atomic E-state index is 12.0. The number of fused-ring (bicyclic) bond motifs is 1. The first-order valence-electron chi connectivity index (χ1n) is 9.38. The summed E-state index contributed by atoms with van der Waals surface area (Å²) in [4.78, 5) is 25.7. The van der Waals surface area contributed by atoms with Crippen molar-refractivity contribution in [2.75, 3.05) is 13.2 Å². The van der Waals surface area contributed by atoms with Gasteiger partial charge in [-0.3, -0.25) is 4.79 Å². The van der Waals surface area contributed by atoms with Crippen molar-refractivity contribution < 1.29 is 13.9 Å². The molecule has 2 heterocycles. The summed E-state index contributed by atoms with van der Waals surface area (Å²) >= 11 is 0.